The van der Waals surface area contributed by atoms with Crippen molar-refractivity contribution in [1.82, 2.24) is 9.88 Å². The summed E-state index contributed by atoms with van der Waals surface area (Å²) in [5.41, 5.74) is 1.54. The van der Waals surface area contributed by atoms with Gasteiger partial charge in [0.15, 0.2) is 0 Å². The number of aryl methyl sites for hydroxylation is 1. The molecule has 0 bridgehead atoms. The second-order valence-corrected chi connectivity index (χ2v) is 5.43. The number of alkyl halides is 3. The Balaban J connectivity index is 3.01. The van der Waals surface area contributed by atoms with Gasteiger partial charge in [0, 0.05) is 17.4 Å². The number of hydrogen-bond acceptors (Lipinski definition) is 2. The molecule has 0 saturated heterocycles. The molecule has 1 atom stereocenters. The van der Waals surface area contributed by atoms with Crippen LogP contribution in [0.5, 0.6) is 0 Å². The van der Waals surface area contributed by atoms with Gasteiger partial charge in [-0.3, -0.25) is 4.79 Å². The van der Waals surface area contributed by atoms with Crippen molar-refractivity contribution in [2.24, 2.45) is 0 Å². The average molecular weight is 320 g/mol. The van der Waals surface area contributed by atoms with Gasteiger partial charge in [-0.05, 0) is 33.8 Å². The maximum absolute atomic E-state index is 12.4. The van der Waals surface area contributed by atoms with Crippen LogP contribution < -0.4 is 5.32 Å². The first-order valence-corrected chi connectivity index (χ1v) is 6.73. The van der Waals surface area contributed by atoms with Crippen LogP contribution in [0.4, 0.5) is 13.2 Å². The minimum absolute atomic E-state index is 0.0759. The Hall–Kier alpha value is -1.99. The Morgan fingerprint density at radius 3 is 2.23 bits per heavy atom. The topological polar surface area (TPSA) is 71.3 Å². The minimum Gasteiger partial charge on any atom is -0.480 e. The third-order valence-electron chi connectivity index (χ3n) is 3.28. The number of nitrogens with one attached hydrogen (secondary N) is 1. The van der Waals surface area contributed by atoms with Crippen LogP contribution in [-0.2, 0) is 4.79 Å². The molecule has 1 unspecified atom stereocenters. The van der Waals surface area contributed by atoms with Gasteiger partial charge < -0.3 is 15.0 Å². The molecule has 22 heavy (non-hydrogen) atoms. The predicted octanol–water partition coefficient (Wildman–Crippen LogP) is 2.82. The molecular formula is C14H19F3N2O3. The van der Waals surface area contributed by atoms with Crippen LogP contribution in [-0.4, -0.2) is 33.8 Å². The number of hydrogen-bond donors (Lipinski definition) is 2. The monoisotopic (exact) mass is 320 g/mol. The van der Waals surface area contributed by atoms with Crippen molar-refractivity contribution < 1.29 is 27.9 Å². The summed E-state index contributed by atoms with van der Waals surface area (Å²) in [6.45, 7) is 7.26. The molecule has 0 aliphatic rings. The van der Waals surface area contributed by atoms with Gasteiger partial charge in [-0.1, -0.05) is 0 Å². The van der Waals surface area contributed by atoms with E-state index < -0.39 is 30.5 Å². The summed E-state index contributed by atoms with van der Waals surface area (Å²) in [4.78, 5) is 23.0. The smallest absolute Gasteiger partial charge is 0.391 e. The van der Waals surface area contributed by atoms with E-state index in [1.165, 1.54) is 6.07 Å². The van der Waals surface area contributed by atoms with E-state index in [-0.39, 0.29) is 11.6 Å². The molecule has 1 heterocycles. The van der Waals surface area contributed by atoms with Crippen molar-refractivity contribution in [1.29, 1.82) is 0 Å². The van der Waals surface area contributed by atoms with Gasteiger partial charge in [-0.2, -0.15) is 13.2 Å². The standard InChI is InChI=1S/C14H19F3N2O3/c1-7(2)19-8(3)5-10(9(19)4)12(20)18-11(13(21)22)6-14(15,16)17/h5,7,11H,6H2,1-4H3,(H,18,20)(H,21,22). The Labute approximate surface area is 126 Å². The highest BCUT2D eigenvalue weighted by Gasteiger charge is 2.36. The first-order valence-electron chi connectivity index (χ1n) is 6.73. The Kier molecular flexibility index (Phi) is 5.26. The zero-order chi connectivity index (χ0) is 17.2. The van der Waals surface area contributed by atoms with Crippen LogP contribution in [0.3, 0.4) is 0 Å². The van der Waals surface area contributed by atoms with E-state index in [0.29, 0.717) is 5.69 Å². The fourth-order valence-electron chi connectivity index (χ4n) is 2.47. The van der Waals surface area contributed by atoms with Crippen molar-refractivity contribution in [2.45, 2.75) is 52.4 Å². The molecule has 1 rings (SSSR count). The van der Waals surface area contributed by atoms with E-state index in [1.54, 1.807) is 13.8 Å². The van der Waals surface area contributed by atoms with Crippen LogP contribution in [0, 0.1) is 13.8 Å². The van der Waals surface area contributed by atoms with Crippen molar-refractivity contribution >= 4 is 11.9 Å². The predicted molar refractivity (Wildman–Crippen MR) is 73.9 cm³/mol. The summed E-state index contributed by atoms with van der Waals surface area (Å²) < 4.78 is 38.9. The third-order valence-corrected chi connectivity index (χ3v) is 3.28. The van der Waals surface area contributed by atoms with E-state index in [1.807, 2.05) is 23.7 Å². The molecular weight excluding hydrogens is 301 g/mol. The SMILES string of the molecule is Cc1cc(C(=O)NC(CC(F)(F)F)C(=O)O)c(C)n1C(C)C. The van der Waals surface area contributed by atoms with Crippen molar-refractivity contribution in [2.75, 3.05) is 0 Å². The van der Waals surface area contributed by atoms with Gasteiger partial charge in [0.25, 0.3) is 5.91 Å². The number of halogens is 3. The number of carbonyl (C=O) groups is 2. The van der Waals surface area contributed by atoms with Crippen LogP contribution in [0.1, 0.15) is 48.1 Å². The van der Waals surface area contributed by atoms with E-state index in [2.05, 4.69) is 0 Å². The molecule has 0 saturated carbocycles. The number of carbonyl (C=O) groups excluding carboxylic acids is 1. The maximum atomic E-state index is 12.4. The van der Waals surface area contributed by atoms with Crippen molar-refractivity contribution in [3.63, 3.8) is 0 Å². The van der Waals surface area contributed by atoms with Crippen molar-refractivity contribution in [3.8, 4) is 0 Å². The summed E-state index contributed by atoms with van der Waals surface area (Å²) in [5, 5.41) is 10.8. The first kappa shape index (κ1) is 18.1. The molecule has 0 aliphatic heterocycles. The van der Waals surface area contributed by atoms with Crippen LogP contribution >= 0.6 is 0 Å². The van der Waals surface area contributed by atoms with Crippen LogP contribution in [0.15, 0.2) is 6.07 Å². The zero-order valence-corrected chi connectivity index (χ0v) is 12.8. The first-order chi connectivity index (χ1) is 9.94. The van der Waals surface area contributed by atoms with Gasteiger partial charge in [-0.15, -0.1) is 0 Å². The highest BCUT2D eigenvalue weighted by atomic mass is 19.4. The van der Waals surface area contributed by atoms with Gasteiger partial charge in [-0.25, -0.2) is 4.79 Å². The van der Waals surface area contributed by atoms with E-state index in [9.17, 15) is 22.8 Å². The maximum Gasteiger partial charge on any atom is 0.391 e. The van der Waals surface area contributed by atoms with Crippen LogP contribution in [0.2, 0.25) is 0 Å². The van der Waals surface area contributed by atoms with E-state index in [0.717, 1.165) is 5.69 Å². The summed E-state index contributed by atoms with van der Waals surface area (Å²) in [5.74, 6) is -2.54. The Morgan fingerprint density at radius 1 is 1.32 bits per heavy atom. The van der Waals surface area contributed by atoms with Gasteiger partial charge in [0.1, 0.15) is 6.04 Å². The van der Waals surface area contributed by atoms with Gasteiger partial charge in [0.05, 0.1) is 12.0 Å². The molecule has 1 aromatic rings. The number of aliphatic carboxylic acids is 1. The lowest BCUT2D eigenvalue weighted by atomic mass is 10.1. The molecule has 1 amide bonds. The second kappa shape index (κ2) is 6.41. The lowest BCUT2D eigenvalue weighted by Gasteiger charge is -2.17. The molecule has 2 N–H and O–H groups in total. The van der Waals surface area contributed by atoms with Crippen LogP contribution in [0.25, 0.3) is 0 Å². The van der Waals surface area contributed by atoms with Gasteiger partial charge in [0.2, 0.25) is 0 Å². The highest BCUT2D eigenvalue weighted by molar-refractivity contribution is 5.97. The number of carboxylic acids is 1. The number of rotatable bonds is 5. The summed E-state index contributed by atoms with van der Waals surface area (Å²) in [7, 11) is 0. The molecule has 0 aliphatic carbocycles. The van der Waals surface area contributed by atoms with Crippen molar-refractivity contribution in [3.05, 3.63) is 23.0 Å². The molecule has 1 aromatic heterocycles. The fourth-order valence-corrected chi connectivity index (χ4v) is 2.47. The van der Waals surface area contributed by atoms with E-state index in [4.69, 9.17) is 5.11 Å². The average Bonchev–Trinajstić information content (AvgIpc) is 2.61. The van der Waals surface area contributed by atoms with E-state index >= 15 is 0 Å². The summed E-state index contributed by atoms with van der Waals surface area (Å²) >= 11 is 0. The molecule has 0 aromatic carbocycles. The number of amides is 1. The molecule has 0 fully saturated rings. The lowest BCUT2D eigenvalue weighted by molar-refractivity contribution is -0.157. The Bertz CT molecular complexity index is 577. The highest BCUT2D eigenvalue weighted by Crippen LogP contribution is 2.23. The molecule has 0 radical (unpaired) electrons. The number of aromatic nitrogens is 1. The Morgan fingerprint density at radius 2 is 1.86 bits per heavy atom. The number of carboxylic acid groups (broad SMARTS) is 1. The summed E-state index contributed by atoms with van der Waals surface area (Å²) in [6.07, 6.45) is -6.29. The number of nitrogens with zero attached hydrogens (tertiary/aromatic N) is 1. The third kappa shape index (κ3) is 4.25. The quantitative estimate of drug-likeness (QED) is 0.876. The minimum atomic E-state index is -4.68. The summed E-state index contributed by atoms with van der Waals surface area (Å²) in [6, 6.07) is -0.390. The van der Waals surface area contributed by atoms with Gasteiger partial charge >= 0.3 is 12.1 Å². The normalized spacial score (nSPS) is 13.3. The second-order valence-electron chi connectivity index (χ2n) is 5.43. The lowest BCUT2D eigenvalue weighted by Crippen LogP contribution is -2.43. The molecule has 124 valence electrons. The fraction of sp³-hybridized carbons (Fsp3) is 0.571. The molecule has 5 nitrogen and oxygen atoms in total. The molecule has 0 spiro atoms. The molecule has 8 heteroatoms. The largest absolute Gasteiger partial charge is 0.480 e. The zero-order valence-electron chi connectivity index (χ0n) is 12.8.